The summed E-state index contributed by atoms with van der Waals surface area (Å²) in [5, 5.41) is 9.70. The van der Waals surface area contributed by atoms with Crippen LogP contribution in [0.5, 0.6) is 0 Å². The number of aliphatic carboxylic acids is 1. The fraction of sp³-hybridized carbons (Fsp3) is 0.364. The van der Waals surface area contributed by atoms with E-state index in [2.05, 4.69) is 9.97 Å². The number of aryl methyl sites for hydroxylation is 2. The lowest BCUT2D eigenvalue weighted by atomic mass is 10.2. The second kappa shape index (κ2) is 4.40. The SMILES string of the molecule is O=C(O)CSc1nc2sc3c(c2c(=O)[nH]1)CCC3. The van der Waals surface area contributed by atoms with Crippen molar-refractivity contribution in [3.05, 3.63) is 20.8 Å². The molecule has 0 saturated heterocycles. The Morgan fingerprint density at radius 2 is 2.33 bits per heavy atom. The largest absolute Gasteiger partial charge is 0.481 e. The number of carbonyl (C=O) groups is 1. The Kier molecular flexibility index (Phi) is 2.87. The molecule has 7 heteroatoms. The first kappa shape index (κ1) is 11.7. The molecule has 0 aliphatic heterocycles. The fourth-order valence-corrected chi connectivity index (χ4v) is 4.08. The van der Waals surface area contributed by atoms with Gasteiger partial charge in [-0.3, -0.25) is 9.59 Å². The minimum Gasteiger partial charge on any atom is -0.481 e. The van der Waals surface area contributed by atoms with Crippen molar-refractivity contribution in [1.29, 1.82) is 0 Å². The number of nitrogens with one attached hydrogen (secondary N) is 1. The van der Waals surface area contributed by atoms with E-state index in [1.54, 1.807) is 11.3 Å². The third-order valence-electron chi connectivity index (χ3n) is 2.89. The lowest BCUT2D eigenvalue weighted by molar-refractivity contribution is -0.133. The maximum absolute atomic E-state index is 12.0. The van der Waals surface area contributed by atoms with Crippen molar-refractivity contribution in [2.45, 2.75) is 24.4 Å². The Morgan fingerprint density at radius 1 is 1.50 bits per heavy atom. The van der Waals surface area contributed by atoms with E-state index in [1.165, 1.54) is 4.88 Å². The molecular formula is C11H10N2O3S2. The molecule has 0 saturated carbocycles. The first-order chi connectivity index (χ1) is 8.65. The Balaban J connectivity index is 2.06. The molecule has 0 aromatic carbocycles. The number of aromatic nitrogens is 2. The highest BCUT2D eigenvalue weighted by atomic mass is 32.2. The van der Waals surface area contributed by atoms with Crippen LogP contribution in [0.4, 0.5) is 0 Å². The number of carboxylic acids is 1. The van der Waals surface area contributed by atoms with Crippen molar-refractivity contribution < 1.29 is 9.90 Å². The number of thiophene rings is 1. The molecule has 2 heterocycles. The summed E-state index contributed by atoms with van der Waals surface area (Å²) in [5.41, 5.74) is 0.992. The lowest BCUT2D eigenvalue weighted by Crippen LogP contribution is -2.10. The topological polar surface area (TPSA) is 83.0 Å². The van der Waals surface area contributed by atoms with Gasteiger partial charge in [0.25, 0.3) is 5.56 Å². The molecule has 1 aliphatic carbocycles. The number of carboxylic acid groups (broad SMARTS) is 1. The van der Waals surface area contributed by atoms with Gasteiger partial charge in [0.2, 0.25) is 0 Å². The minimum absolute atomic E-state index is 0.0977. The second-order valence-corrected chi connectivity index (χ2v) is 6.14. The van der Waals surface area contributed by atoms with Gasteiger partial charge in [-0.1, -0.05) is 11.8 Å². The van der Waals surface area contributed by atoms with Crippen molar-refractivity contribution >= 4 is 39.3 Å². The molecule has 0 atom stereocenters. The number of rotatable bonds is 3. The number of hydrogen-bond acceptors (Lipinski definition) is 5. The highest BCUT2D eigenvalue weighted by Gasteiger charge is 2.21. The number of fused-ring (bicyclic) bond motifs is 3. The third-order valence-corrected chi connectivity index (χ3v) is 4.93. The zero-order chi connectivity index (χ0) is 12.7. The zero-order valence-corrected chi connectivity index (χ0v) is 11.0. The van der Waals surface area contributed by atoms with Crippen molar-refractivity contribution in [1.82, 2.24) is 9.97 Å². The van der Waals surface area contributed by atoms with E-state index in [9.17, 15) is 9.59 Å². The van der Waals surface area contributed by atoms with E-state index in [4.69, 9.17) is 5.11 Å². The molecule has 94 valence electrons. The maximum Gasteiger partial charge on any atom is 0.313 e. The minimum atomic E-state index is -0.920. The van der Waals surface area contributed by atoms with E-state index in [0.717, 1.165) is 41.4 Å². The Labute approximate surface area is 110 Å². The summed E-state index contributed by atoms with van der Waals surface area (Å²) in [6.07, 6.45) is 3.07. The summed E-state index contributed by atoms with van der Waals surface area (Å²) in [5.74, 6) is -1.02. The zero-order valence-electron chi connectivity index (χ0n) is 9.36. The molecule has 5 nitrogen and oxygen atoms in total. The predicted octanol–water partition coefficient (Wildman–Crippen LogP) is 1.65. The van der Waals surface area contributed by atoms with Crippen LogP contribution in [0.1, 0.15) is 16.9 Å². The van der Waals surface area contributed by atoms with E-state index in [-0.39, 0.29) is 11.3 Å². The predicted molar refractivity (Wildman–Crippen MR) is 70.6 cm³/mol. The highest BCUT2D eigenvalue weighted by molar-refractivity contribution is 7.99. The summed E-state index contributed by atoms with van der Waals surface area (Å²) < 4.78 is 0. The monoisotopic (exact) mass is 282 g/mol. The Bertz CT molecular complexity index is 689. The third kappa shape index (κ3) is 1.93. The van der Waals surface area contributed by atoms with Crippen LogP contribution in [0.2, 0.25) is 0 Å². The maximum atomic E-state index is 12.0. The summed E-state index contributed by atoms with van der Waals surface area (Å²) in [6, 6.07) is 0. The number of H-pyrrole nitrogens is 1. The van der Waals surface area contributed by atoms with Crippen molar-refractivity contribution in [3.63, 3.8) is 0 Å². The van der Waals surface area contributed by atoms with Gasteiger partial charge < -0.3 is 10.1 Å². The highest BCUT2D eigenvalue weighted by Crippen LogP contribution is 2.34. The van der Waals surface area contributed by atoms with E-state index < -0.39 is 5.97 Å². The molecule has 1 aliphatic rings. The number of thioether (sulfide) groups is 1. The molecule has 0 spiro atoms. The molecule has 0 bridgehead atoms. The average Bonchev–Trinajstić information content (AvgIpc) is 2.85. The number of aromatic amines is 1. The Hall–Kier alpha value is -1.34. The van der Waals surface area contributed by atoms with Crippen molar-refractivity contribution in [3.8, 4) is 0 Å². The molecule has 0 fully saturated rings. The quantitative estimate of drug-likeness (QED) is 0.660. The lowest BCUT2D eigenvalue weighted by Gasteiger charge is -1.98. The molecule has 2 aromatic heterocycles. The molecule has 3 rings (SSSR count). The van der Waals surface area contributed by atoms with Crippen LogP contribution in [0.25, 0.3) is 10.2 Å². The van der Waals surface area contributed by atoms with Crippen LogP contribution in [0, 0.1) is 0 Å². The fourth-order valence-electron chi connectivity index (χ4n) is 2.18. The van der Waals surface area contributed by atoms with Gasteiger partial charge in [0.05, 0.1) is 11.1 Å². The van der Waals surface area contributed by atoms with Crippen LogP contribution in [-0.4, -0.2) is 26.8 Å². The van der Waals surface area contributed by atoms with Gasteiger partial charge in [-0.25, -0.2) is 4.98 Å². The molecule has 0 amide bonds. The molecule has 18 heavy (non-hydrogen) atoms. The summed E-state index contributed by atoms with van der Waals surface area (Å²) >= 11 is 2.60. The van der Waals surface area contributed by atoms with Gasteiger partial charge in [-0.05, 0) is 24.8 Å². The molecule has 2 aromatic rings. The van der Waals surface area contributed by atoms with Gasteiger partial charge in [-0.15, -0.1) is 11.3 Å². The second-order valence-electron chi connectivity index (χ2n) is 4.09. The summed E-state index contributed by atoms with van der Waals surface area (Å²) in [6.45, 7) is 0. The first-order valence-electron chi connectivity index (χ1n) is 5.54. The van der Waals surface area contributed by atoms with Crippen molar-refractivity contribution in [2.24, 2.45) is 0 Å². The summed E-state index contributed by atoms with van der Waals surface area (Å²) in [7, 11) is 0. The standard InChI is InChI=1S/C11H10N2O3S2/c14-7(15)4-17-11-12-9(16)8-5-2-1-3-6(5)18-10(8)13-11/h1-4H2,(H,14,15)(H,12,13,16). The molecule has 0 unspecified atom stereocenters. The van der Waals surface area contributed by atoms with Crippen LogP contribution >= 0.6 is 23.1 Å². The van der Waals surface area contributed by atoms with Gasteiger partial charge >= 0.3 is 5.97 Å². The van der Waals surface area contributed by atoms with Gasteiger partial charge in [0, 0.05) is 4.88 Å². The Morgan fingerprint density at radius 3 is 3.11 bits per heavy atom. The van der Waals surface area contributed by atoms with Crippen LogP contribution in [0.3, 0.4) is 0 Å². The number of nitrogens with zero attached hydrogens (tertiary/aromatic N) is 1. The van der Waals surface area contributed by atoms with Crippen molar-refractivity contribution in [2.75, 3.05) is 5.75 Å². The molecule has 0 radical (unpaired) electrons. The first-order valence-corrected chi connectivity index (χ1v) is 7.34. The molecule has 2 N–H and O–H groups in total. The average molecular weight is 282 g/mol. The van der Waals surface area contributed by atoms with Crippen LogP contribution < -0.4 is 5.56 Å². The number of hydrogen-bond donors (Lipinski definition) is 2. The van der Waals surface area contributed by atoms with Gasteiger partial charge in [0.1, 0.15) is 4.83 Å². The van der Waals surface area contributed by atoms with Crippen LogP contribution in [-0.2, 0) is 17.6 Å². The van der Waals surface area contributed by atoms with Crippen LogP contribution in [0.15, 0.2) is 9.95 Å². The summed E-state index contributed by atoms with van der Waals surface area (Å²) in [4.78, 5) is 31.5. The van der Waals surface area contributed by atoms with E-state index in [1.807, 2.05) is 0 Å². The van der Waals surface area contributed by atoms with E-state index >= 15 is 0 Å². The molecular weight excluding hydrogens is 272 g/mol. The normalized spacial score (nSPS) is 14.0. The van der Waals surface area contributed by atoms with E-state index in [0.29, 0.717) is 10.5 Å². The van der Waals surface area contributed by atoms with Gasteiger partial charge in [0.15, 0.2) is 5.16 Å². The smallest absolute Gasteiger partial charge is 0.313 e. The van der Waals surface area contributed by atoms with Gasteiger partial charge in [-0.2, -0.15) is 0 Å².